The summed E-state index contributed by atoms with van der Waals surface area (Å²) in [6, 6.07) is 2.83. The van der Waals surface area contributed by atoms with Gasteiger partial charge in [-0.1, -0.05) is 12.1 Å². The van der Waals surface area contributed by atoms with Gasteiger partial charge in [0.1, 0.15) is 6.29 Å². The molecule has 0 spiro atoms. The molecule has 3 atom stereocenters. The smallest absolute Gasteiger partial charge is 0.348 e. The number of nitrogens with zero attached hydrogens (tertiary/aromatic N) is 1. The van der Waals surface area contributed by atoms with E-state index in [0.717, 1.165) is 12.1 Å². The van der Waals surface area contributed by atoms with Gasteiger partial charge >= 0.3 is 6.18 Å². The Morgan fingerprint density at radius 3 is 2.48 bits per heavy atom. The van der Waals surface area contributed by atoms with Crippen LogP contribution in [0.1, 0.15) is 36.9 Å². The van der Waals surface area contributed by atoms with Crippen molar-refractivity contribution in [2.75, 3.05) is 13.1 Å². The molecule has 2 amide bonds. The van der Waals surface area contributed by atoms with Crippen molar-refractivity contribution in [1.82, 2.24) is 20.9 Å². The summed E-state index contributed by atoms with van der Waals surface area (Å²) in [4.78, 5) is 25.8. The second-order valence-electron chi connectivity index (χ2n) is 7.32. The molecule has 0 aromatic heterocycles. The average Bonchev–Trinajstić information content (AvgIpc) is 3.00. The first kappa shape index (κ1) is 21.4. The monoisotopic (exact) mass is 420 g/mol. The summed E-state index contributed by atoms with van der Waals surface area (Å²) < 4.78 is 64.8. The number of likely N-dealkylation sites (tertiary alicyclic amines) is 1. The highest BCUT2D eigenvalue weighted by molar-refractivity contribution is 5.89. The molecule has 0 saturated carbocycles. The van der Waals surface area contributed by atoms with Gasteiger partial charge < -0.3 is 10.6 Å². The van der Waals surface area contributed by atoms with Crippen LogP contribution in [-0.4, -0.2) is 48.1 Å². The fraction of sp³-hybridized carbons (Fsp3) is 0.556. The van der Waals surface area contributed by atoms with Gasteiger partial charge in [0.05, 0.1) is 30.6 Å². The van der Waals surface area contributed by atoms with Crippen molar-refractivity contribution >= 4 is 11.8 Å². The Hall–Kier alpha value is -2.27. The lowest BCUT2D eigenvalue weighted by molar-refractivity contribution is -0.137. The molecule has 1 aromatic carbocycles. The van der Waals surface area contributed by atoms with Gasteiger partial charge in [0.2, 0.25) is 11.8 Å². The van der Waals surface area contributed by atoms with Crippen molar-refractivity contribution in [3.63, 3.8) is 0 Å². The van der Waals surface area contributed by atoms with E-state index in [-0.39, 0.29) is 19.4 Å². The fourth-order valence-corrected chi connectivity index (χ4v) is 3.39. The number of alkyl halides is 5. The Morgan fingerprint density at radius 2 is 1.93 bits per heavy atom. The molecule has 0 radical (unpaired) electrons. The Kier molecular flexibility index (Phi) is 5.81. The third kappa shape index (κ3) is 5.21. The molecule has 2 unspecified atom stereocenters. The minimum atomic E-state index is -4.45. The first-order valence-corrected chi connectivity index (χ1v) is 9.09. The van der Waals surface area contributed by atoms with Crippen LogP contribution in [0.5, 0.6) is 0 Å². The van der Waals surface area contributed by atoms with Gasteiger partial charge in [0.15, 0.2) is 0 Å². The Balaban J connectivity index is 1.61. The van der Waals surface area contributed by atoms with Crippen LogP contribution in [0.3, 0.4) is 0 Å². The molecule has 2 saturated heterocycles. The van der Waals surface area contributed by atoms with Crippen molar-refractivity contribution in [3.8, 4) is 0 Å². The fourth-order valence-electron chi connectivity index (χ4n) is 3.39. The predicted octanol–water partition coefficient (Wildman–Crippen LogP) is 1.99. The second kappa shape index (κ2) is 7.86. The molecule has 0 aliphatic carbocycles. The normalized spacial score (nSPS) is 26.1. The lowest BCUT2D eigenvalue weighted by Gasteiger charge is -2.36. The highest BCUT2D eigenvalue weighted by atomic mass is 19.4. The number of hydrogen-bond acceptors (Lipinski definition) is 4. The molecule has 3 rings (SSSR count). The van der Waals surface area contributed by atoms with Crippen LogP contribution in [0.4, 0.5) is 22.0 Å². The largest absolute Gasteiger partial charge is 0.416 e. The number of carbonyl (C=O) groups is 2. The number of halogens is 5. The maximum atomic E-state index is 13.4. The Labute approximate surface area is 163 Å². The predicted molar refractivity (Wildman–Crippen MR) is 92.6 cm³/mol. The summed E-state index contributed by atoms with van der Waals surface area (Å²) in [5, 5.41) is 8.03. The Morgan fingerprint density at radius 1 is 1.28 bits per heavy atom. The quantitative estimate of drug-likeness (QED) is 0.652. The molecule has 29 heavy (non-hydrogen) atoms. The first-order chi connectivity index (χ1) is 13.4. The van der Waals surface area contributed by atoms with E-state index in [0.29, 0.717) is 5.56 Å². The van der Waals surface area contributed by atoms with Crippen LogP contribution in [0.15, 0.2) is 24.3 Å². The lowest BCUT2D eigenvalue weighted by Crippen LogP contribution is -2.66. The summed E-state index contributed by atoms with van der Waals surface area (Å²) in [7, 11) is 0. The van der Waals surface area contributed by atoms with Gasteiger partial charge in [-0.3, -0.25) is 19.8 Å². The number of nitrogens with one attached hydrogen (secondary N) is 3. The van der Waals surface area contributed by atoms with Gasteiger partial charge in [-0.05, 0) is 24.6 Å². The van der Waals surface area contributed by atoms with Crippen molar-refractivity contribution in [2.24, 2.45) is 0 Å². The van der Waals surface area contributed by atoms with E-state index in [4.69, 9.17) is 0 Å². The van der Waals surface area contributed by atoms with Crippen molar-refractivity contribution in [3.05, 3.63) is 35.4 Å². The van der Waals surface area contributed by atoms with Crippen LogP contribution in [0.25, 0.3) is 0 Å². The molecule has 3 N–H and O–H groups in total. The molecule has 160 valence electrons. The van der Waals surface area contributed by atoms with Crippen molar-refractivity contribution < 1.29 is 31.5 Å². The summed E-state index contributed by atoms with van der Waals surface area (Å²) in [6.07, 6.45) is -5.84. The first-order valence-electron chi connectivity index (χ1n) is 9.09. The molecule has 2 aliphatic heterocycles. The van der Waals surface area contributed by atoms with E-state index in [1.807, 2.05) is 0 Å². The molecular formula is C18H21F5N4O2. The third-order valence-corrected chi connectivity index (χ3v) is 5.02. The van der Waals surface area contributed by atoms with Gasteiger partial charge in [0.25, 0.3) is 5.92 Å². The van der Waals surface area contributed by atoms with Gasteiger partial charge in [-0.25, -0.2) is 8.78 Å². The zero-order chi connectivity index (χ0) is 21.4. The summed E-state index contributed by atoms with van der Waals surface area (Å²) in [5.41, 5.74) is -0.335. The van der Waals surface area contributed by atoms with Gasteiger partial charge in [0, 0.05) is 13.0 Å². The zero-order valence-corrected chi connectivity index (χ0v) is 15.5. The SMILES string of the molecule is C[C@@H](NC(=O)C1CC(=O)NC(N2CCC(F)(F)C2)N1)c1ccc(C(F)(F)F)cc1. The highest BCUT2D eigenvalue weighted by Crippen LogP contribution is 2.30. The van der Waals surface area contributed by atoms with E-state index >= 15 is 0 Å². The molecular weight excluding hydrogens is 399 g/mol. The second-order valence-corrected chi connectivity index (χ2v) is 7.32. The van der Waals surface area contributed by atoms with E-state index < -0.39 is 54.4 Å². The highest BCUT2D eigenvalue weighted by Gasteiger charge is 2.43. The lowest BCUT2D eigenvalue weighted by atomic mass is 10.0. The molecule has 6 nitrogen and oxygen atoms in total. The van der Waals surface area contributed by atoms with Crippen LogP contribution in [-0.2, 0) is 15.8 Å². The van der Waals surface area contributed by atoms with Crippen molar-refractivity contribution in [1.29, 1.82) is 0 Å². The van der Waals surface area contributed by atoms with E-state index in [1.54, 1.807) is 6.92 Å². The summed E-state index contributed by atoms with van der Waals surface area (Å²) >= 11 is 0. The van der Waals surface area contributed by atoms with Gasteiger partial charge in [-0.2, -0.15) is 13.2 Å². The van der Waals surface area contributed by atoms with Crippen LogP contribution < -0.4 is 16.0 Å². The third-order valence-electron chi connectivity index (χ3n) is 5.02. The van der Waals surface area contributed by atoms with E-state index in [1.165, 1.54) is 17.0 Å². The molecule has 2 fully saturated rings. The molecule has 2 heterocycles. The van der Waals surface area contributed by atoms with Gasteiger partial charge in [-0.15, -0.1) is 0 Å². The molecule has 1 aromatic rings. The minimum Gasteiger partial charge on any atom is -0.348 e. The maximum absolute atomic E-state index is 13.4. The van der Waals surface area contributed by atoms with Crippen LogP contribution in [0, 0.1) is 0 Å². The molecule has 11 heteroatoms. The number of hydrogen-bond donors (Lipinski definition) is 3. The van der Waals surface area contributed by atoms with Crippen molar-refractivity contribution in [2.45, 2.75) is 50.2 Å². The number of benzene rings is 1. The standard InChI is InChI=1S/C18H21F5N4O2/c1-10(11-2-4-12(5-3-11)18(21,22)23)24-15(29)13-8-14(28)26-16(25-13)27-7-6-17(19,20)9-27/h2-5,10,13,16,25H,6-9H2,1H3,(H,24,29)(H,26,28)/t10-,13?,16?/m1/s1. The average molecular weight is 420 g/mol. The molecule has 2 aliphatic rings. The van der Waals surface area contributed by atoms with E-state index in [9.17, 15) is 31.5 Å². The summed E-state index contributed by atoms with van der Waals surface area (Å²) in [6.45, 7) is 1.14. The maximum Gasteiger partial charge on any atom is 0.416 e. The minimum absolute atomic E-state index is 0.0707. The number of rotatable bonds is 4. The van der Waals surface area contributed by atoms with E-state index in [2.05, 4.69) is 16.0 Å². The topological polar surface area (TPSA) is 73.5 Å². The summed E-state index contributed by atoms with van der Waals surface area (Å²) in [5.74, 6) is -3.84. The Bertz CT molecular complexity index is 769. The van der Waals surface area contributed by atoms with Crippen LogP contribution in [0.2, 0.25) is 0 Å². The molecule has 0 bridgehead atoms. The number of carbonyl (C=O) groups excluding carboxylic acids is 2. The number of amides is 2. The zero-order valence-electron chi connectivity index (χ0n) is 15.5. The van der Waals surface area contributed by atoms with Crippen LogP contribution >= 0.6 is 0 Å².